The van der Waals surface area contributed by atoms with Crippen LogP contribution in [-0.2, 0) is 0 Å². The van der Waals surface area contributed by atoms with Gasteiger partial charge in [0.25, 0.3) is 5.91 Å². The zero-order valence-electron chi connectivity index (χ0n) is 11.0. The molecule has 1 aromatic carbocycles. The van der Waals surface area contributed by atoms with E-state index in [0.717, 1.165) is 12.8 Å². The normalized spacial score (nSPS) is 12.6. The Bertz CT molecular complexity index is 420. The maximum absolute atomic E-state index is 13.6. The van der Waals surface area contributed by atoms with Crippen molar-refractivity contribution in [3.63, 3.8) is 0 Å². The van der Waals surface area contributed by atoms with E-state index in [0.29, 0.717) is 10.4 Å². The summed E-state index contributed by atoms with van der Waals surface area (Å²) in [7, 11) is 0. The zero-order chi connectivity index (χ0) is 13.7. The zero-order valence-corrected chi connectivity index (χ0v) is 12.6. The van der Waals surface area contributed by atoms with Crippen molar-refractivity contribution in [1.29, 1.82) is 0 Å². The Morgan fingerprint density at radius 3 is 2.56 bits per heavy atom. The predicted octanol–water partition coefficient (Wildman–Crippen LogP) is 4.14. The smallest absolute Gasteiger partial charge is 0.254 e. The highest BCUT2D eigenvalue weighted by Crippen LogP contribution is 2.15. The molecule has 1 N–H and O–H groups in total. The van der Waals surface area contributed by atoms with Crippen LogP contribution in [0.2, 0.25) is 0 Å². The van der Waals surface area contributed by atoms with Gasteiger partial charge in [-0.25, -0.2) is 4.39 Å². The molecule has 0 aromatic heterocycles. The van der Waals surface area contributed by atoms with Gasteiger partial charge < -0.3 is 5.32 Å². The summed E-state index contributed by atoms with van der Waals surface area (Å²) >= 11 is 3.17. The van der Waals surface area contributed by atoms with E-state index in [1.165, 1.54) is 12.1 Å². The van der Waals surface area contributed by atoms with Crippen molar-refractivity contribution in [1.82, 2.24) is 5.32 Å². The quantitative estimate of drug-likeness (QED) is 0.869. The topological polar surface area (TPSA) is 29.1 Å². The molecular formula is C14H19BrFNO. The maximum atomic E-state index is 13.6. The summed E-state index contributed by atoms with van der Waals surface area (Å²) in [4.78, 5) is 11.9. The molecule has 1 unspecified atom stereocenters. The van der Waals surface area contributed by atoms with Gasteiger partial charge in [-0.3, -0.25) is 4.79 Å². The Kier molecular flexibility index (Phi) is 5.79. The van der Waals surface area contributed by atoms with E-state index in [1.54, 1.807) is 6.07 Å². The Morgan fingerprint density at radius 1 is 1.33 bits per heavy atom. The first-order valence-electron chi connectivity index (χ1n) is 6.16. The van der Waals surface area contributed by atoms with Crippen molar-refractivity contribution < 1.29 is 9.18 Å². The van der Waals surface area contributed by atoms with Gasteiger partial charge in [0.2, 0.25) is 0 Å². The summed E-state index contributed by atoms with van der Waals surface area (Å²) in [5.41, 5.74) is 0.0922. The van der Waals surface area contributed by atoms with Crippen LogP contribution in [0, 0.1) is 11.7 Å². The fourth-order valence-corrected chi connectivity index (χ4v) is 1.96. The van der Waals surface area contributed by atoms with Gasteiger partial charge in [-0.15, -0.1) is 0 Å². The number of amides is 1. The highest BCUT2D eigenvalue weighted by molar-refractivity contribution is 9.10. The average Bonchev–Trinajstić information content (AvgIpc) is 2.26. The number of nitrogens with one attached hydrogen (secondary N) is 1. The van der Waals surface area contributed by atoms with Gasteiger partial charge in [-0.1, -0.05) is 29.8 Å². The van der Waals surface area contributed by atoms with Crippen LogP contribution >= 0.6 is 15.9 Å². The third-order valence-corrected chi connectivity index (χ3v) is 3.22. The Balaban J connectivity index is 2.59. The van der Waals surface area contributed by atoms with Crippen LogP contribution in [-0.4, -0.2) is 11.9 Å². The number of carbonyl (C=O) groups excluding carboxylic acids is 1. The molecule has 1 rings (SSSR count). The molecule has 4 heteroatoms. The molecule has 1 amide bonds. The summed E-state index contributed by atoms with van der Waals surface area (Å²) in [5, 5.41) is 2.82. The minimum Gasteiger partial charge on any atom is -0.349 e. The largest absolute Gasteiger partial charge is 0.349 e. The first-order chi connectivity index (χ1) is 8.40. The molecule has 0 saturated carbocycles. The first kappa shape index (κ1) is 15.2. The third kappa shape index (κ3) is 4.77. The molecule has 0 fully saturated rings. The van der Waals surface area contributed by atoms with Crippen molar-refractivity contribution in [3.8, 4) is 0 Å². The van der Waals surface area contributed by atoms with Crippen molar-refractivity contribution in [2.45, 2.75) is 39.7 Å². The number of hydrogen-bond donors (Lipinski definition) is 1. The van der Waals surface area contributed by atoms with Gasteiger partial charge in [0, 0.05) is 10.5 Å². The third-order valence-electron chi connectivity index (χ3n) is 2.73. The van der Waals surface area contributed by atoms with Crippen LogP contribution in [0.15, 0.2) is 22.7 Å². The van der Waals surface area contributed by atoms with Crippen LogP contribution in [0.25, 0.3) is 0 Å². The van der Waals surface area contributed by atoms with E-state index in [2.05, 4.69) is 35.1 Å². The van der Waals surface area contributed by atoms with Crippen LogP contribution < -0.4 is 5.32 Å². The number of hydrogen-bond acceptors (Lipinski definition) is 1. The number of benzene rings is 1. The van der Waals surface area contributed by atoms with E-state index in [9.17, 15) is 9.18 Å². The second kappa shape index (κ2) is 6.88. The van der Waals surface area contributed by atoms with E-state index in [-0.39, 0.29) is 17.5 Å². The maximum Gasteiger partial charge on any atom is 0.254 e. The van der Waals surface area contributed by atoms with E-state index in [1.807, 2.05) is 6.92 Å². The molecule has 0 spiro atoms. The SMILES string of the molecule is CC(C)CCC(C)NC(=O)c1ccc(Br)cc1F. The Morgan fingerprint density at radius 2 is 2.00 bits per heavy atom. The molecule has 2 nitrogen and oxygen atoms in total. The molecule has 1 atom stereocenters. The minimum absolute atomic E-state index is 0.0583. The van der Waals surface area contributed by atoms with Crippen molar-refractivity contribution in [2.24, 2.45) is 5.92 Å². The van der Waals surface area contributed by atoms with Crippen molar-refractivity contribution in [3.05, 3.63) is 34.1 Å². The highest BCUT2D eigenvalue weighted by Gasteiger charge is 2.14. The van der Waals surface area contributed by atoms with E-state index in [4.69, 9.17) is 0 Å². The van der Waals surface area contributed by atoms with Gasteiger partial charge in [-0.2, -0.15) is 0 Å². The monoisotopic (exact) mass is 315 g/mol. The average molecular weight is 316 g/mol. The summed E-state index contributed by atoms with van der Waals surface area (Å²) in [6.07, 6.45) is 1.95. The van der Waals surface area contributed by atoms with Gasteiger partial charge in [0.05, 0.1) is 5.56 Å². The van der Waals surface area contributed by atoms with E-state index < -0.39 is 5.82 Å². The lowest BCUT2D eigenvalue weighted by molar-refractivity contribution is 0.0933. The highest BCUT2D eigenvalue weighted by atomic mass is 79.9. The fourth-order valence-electron chi connectivity index (χ4n) is 1.63. The van der Waals surface area contributed by atoms with Crippen LogP contribution in [0.5, 0.6) is 0 Å². The van der Waals surface area contributed by atoms with Crippen molar-refractivity contribution in [2.75, 3.05) is 0 Å². The van der Waals surface area contributed by atoms with Crippen LogP contribution in [0.3, 0.4) is 0 Å². The summed E-state index contributed by atoms with van der Waals surface area (Å²) in [5.74, 6) is -0.247. The second-order valence-electron chi connectivity index (χ2n) is 4.97. The molecular weight excluding hydrogens is 297 g/mol. The molecule has 0 heterocycles. The van der Waals surface area contributed by atoms with Crippen molar-refractivity contribution >= 4 is 21.8 Å². The minimum atomic E-state index is -0.502. The van der Waals surface area contributed by atoms with Gasteiger partial charge in [-0.05, 0) is 43.9 Å². The molecule has 100 valence electrons. The molecule has 0 saturated heterocycles. The van der Waals surface area contributed by atoms with E-state index >= 15 is 0 Å². The Labute approximate surface area is 116 Å². The predicted molar refractivity (Wildman–Crippen MR) is 75.1 cm³/mol. The van der Waals surface area contributed by atoms with Crippen LogP contribution in [0.4, 0.5) is 4.39 Å². The number of rotatable bonds is 5. The molecule has 0 aliphatic rings. The summed E-state index contributed by atoms with van der Waals surface area (Å²) < 4.78 is 14.2. The fraction of sp³-hybridized carbons (Fsp3) is 0.500. The van der Waals surface area contributed by atoms with Crippen LogP contribution in [0.1, 0.15) is 44.0 Å². The lowest BCUT2D eigenvalue weighted by Gasteiger charge is -2.15. The molecule has 18 heavy (non-hydrogen) atoms. The van der Waals surface area contributed by atoms with Gasteiger partial charge >= 0.3 is 0 Å². The second-order valence-corrected chi connectivity index (χ2v) is 5.89. The number of carbonyl (C=O) groups is 1. The Hall–Kier alpha value is -0.900. The molecule has 0 aliphatic heterocycles. The molecule has 1 aromatic rings. The number of halogens is 2. The lowest BCUT2D eigenvalue weighted by atomic mass is 10.0. The van der Waals surface area contributed by atoms with Gasteiger partial charge in [0.15, 0.2) is 0 Å². The molecule has 0 bridgehead atoms. The molecule has 0 aliphatic carbocycles. The summed E-state index contributed by atoms with van der Waals surface area (Å²) in [6.45, 7) is 6.23. The summed E-state index contributed by atoms with van der Waals surface area (Å²) in [6, 6.07) is 4.51. The standard InChI is InChI=1S/C14H19BrFNO/c1-9(2)4-5-10(3)17-14(18)12-7-6-11(15)8-13(12)16/h6-10H,4-5H2,1-3H3,(H,17,18). The first-order valence-corrected chi connectivity index (χ1v) is 6.95. The lowest BCUT2D eigenvalue weighted by Crippen LogP contribution is -2.33. The van der Waals surface area contributed by atoms with Gasteiger partial charge in [0.1, 0.15) is 5.82 Å². The molecule has 0 radical (unpaired) electrons.